The molecule has 1 aromatic carbocycles. The summed E-state index contributed by atoms with van der Waals surface area (Å²) >= 11 is 0. The summed E-state index contributed by atoms with van der Waals surface area (Å²) in [6.07, 6.45) is 2.26. The quantitative estimate of drug-likeness (QED) is 0.851. The molecule has 2 N–H and O–H groups in total. The summed E-state index contributed by atoms with van der Waals surface area (Å²) < 4.78 is 5.26. The van der Waals surface area contributed by atoms with E-state index in [-0.39, 0.29) is 18.4 Å². The first-order valence-electron chi connectivity index (χ1n) is 7.50. The lowest BCUT2D eigenvalue weighted by molar-refractivity contribution is 0.0942. The minimum absolute atomic E-state index is 0.0439. The molecule has 1 unspecified atom stereocenters. The molecule has 1 heterocycles. The second kappa shape index (κ2) is 6.27. The van der Waals surface area contributed by atoms with Crippen molar-refractivity contribution in [2.45, 2.75) is 25.7 Å². The van der Waals surface area contributed by atoms with Crippen molar-refractivity contribution in [1.82, 2.24) is 15.5 Å². The Morgan fingerprint density at radius 3 is 2.77 bits per heavy atom. The topological polar surface area (TPSA) is 88.2 Å². The van der Waals surface area contributed by atoms with E-state index in [0.717, 1.165) is 24.2 Å². The Balaban J connectivity index is 1.65. The molecule has 1 aromatic heterocycles. The maximum atomic E-state index is 12.0. The van der Waals surface area contributed by atoms with Crippen molar-refractivity contribution in [1.29, 1.82) is 0 Å². The predicted molar refractivity (Wildman–Crippen MR) is 80.3 cm³/mol. The minimum Gasteiger partial charge on any atom is -0.396 e. The summed E-state index contributed by atoms with van der Waals surface area (Å²) in [7, 11) is 0. The van der Waals surface area contributed by atoms with Crippen LogP contribution in [0.2, 0.25) is 0 Å². The summed E-state index contributed by atoms with van der Waals surface area (Å²) in [6, 6.07) is 7.06. The molecule has 6 heteroatoms. The first kappa shape index (κ1) is 14.7. The van der Waals surface area contributed by atoms with Crippen molar-refractivity contribution in [2.75, 3.05) is 13.2 Å². The van der Waals surface area contributed by atoms with E-state index in [9.17, 15) is 4.79 Å². The molecule has 1 amide bonds. The SMILES string of the molecule is CC(CO)CNC(=O)c1ccc(-c2nc(C3CC3)no2)cc1. The van der Waals surface area contributed by atoms with Crippen LogP contribution in [0.25, 0.3) is 11.5 Å². The zero-order valence-corrected chi connectivity index (χ0v) is 12.5. The third-order valence-corrected chi connectivity index (χ3v) is 3.70. The van der Waals surface area contributed by atoms with Gasteiger partial charge >= 0.3 is 0 Å². The maximum Gasteiger partial charge on any atom is 0.257 e. The fourth-order valence-electron chi connectivity index (χ4n) is 2.06. The lowest BCUT2D eigenvalue weighted by atomic mass is 10.1. The van der Waals surface area contributed by atoms with Gasteiger partial charge in [-0.1, -0.05) is 12.1 Å². The van der Waals surface area contributed by atoms with Crippen molar-refractivity contribution >= 4 is 5.91 Å². The molecule has 0 bridgehead atoms. The van der Waals surface area contributed by atoms with Crippen LogP contribution in [0.15, 0.2) is 28.8 Å². The van der Waals surface area contributed by atoms with Gasteiger partial charge in [0.2, 0.25) is 0 Å². The highest BCUT2D eigenvalue weighted by atomic mass is 16.5. The van der Waals surface area contributed by atoms with Gasteiger partial charge in [0.1, 0.15) is 0 Å². The van der Waals surface area contributed by atoms with E-state index in [1.54, 1.807) is 24.3 Å². The third-order valence-electron chi connectivity index (χ3n) is 3.70. The second-order valence-corrected chi connectivity index (χ2v) is 5.81. The molecule has 0 saturated heterocycles. The standard InChI is InChI=1S/C16H19N3O3/c1-10(9-20)8-17-15(21)12-4-6-13(7-5-12)16-18-14(19-22-16)11-2-3-11/h4-7,10-11,20H,2-3,8-9H2,1H3,(H,17,21). The lowest BCUT2D eigenvalue weighted by Gasteiger charge is -2.09. The van der Waals surface area contributed by atoms with Gasteiger partial charge in [0, 0.05) is 30.2 Å². The number of nitrogens with zero attached hydrogens (tertiary/aromatic N) is 2. The summed E-state index contributed by atoms with van der Waals surface area (Å²) in [5, 5.41) is 15.7. The lowest BCUT2D eigenvalue weighted by Crippen LogP contribution is -2.29. The molecule has 0 spiro atoms. The summed E-state index contributed by atoms with van der Waals surface area (Å²) in [5.41, 5.74) is 1.37. The van der Waals surface area contributed by atoms with Crippen LogP contribution in [0, 0.1) is 5.92 Å². The number of benzene rings is 1. The average Bonchev–Trinajstić information content (AvgIpc) is 3.29. The van der Waals surface area contributed by atoms with Gasteiger partial charge < -0.3 is 14.9 Å². The van der Waals surface area contributed by atoms with E-state index in [4.69, 9.17) is 9.63 Å². The fourth-order valence-corrected chi connectivity index (χ4v) is 2.06. The fraction of sp³-hybridized carbons (Fsp3) is 0.438. The number of hydrogen-bond acceptors (Lipinski definition) is 5. The smallest absolute Gasteiger partial charge is 0.257 e. The third kappa shape index (κ3) is 3.33. The number of aliphatic hydroxyl groups is 1. The average molecular weight is 301 g/mol. The van der Waals surface area contributed by atoms with Crippen LogP contribution in [0.5, 0.6) is 0 Å². The van der Waals surface area contributed by atoms with Gasteiger partial charge in [-0.15, -0.1) is 0 Å². The molecule has 1 fully saturated rings. The first-order chi connectivity index (χ1) is 10.7. The van der Waals surface area contributed by atoms with Crippen LogP contribution in [0.1, 0.15) is 41.9 Å². The highest BCUT2D eigenvalue weighted by Gasteiger charge is 2.28. The van der Waals surface area contributed by atoms with Gasteiger partial charge in [-0.05, 0) is 43.0 Å². The molecular formula is C16H19N3O3. The molecule has 1 saturated carbocycles. The van der Waals surface area contributed by atoms with Crippen molar-refractivity contribution in [3.8, 4) is 11.5 Å². The monoisotopic (exact) mass is 301 g/mol. The van der Waals surface area contributed by atoms with E-state index < -0.39 is 0 Å². The van der Waals surface area contributed by atoms with Crippen molar-refractivity contribution in [3.63, 3.8) is 0 Å². The number of nitrogens with one attached hydrogen (secondary N) is 1. The molecule has 3 rings (SSSR count). The van der Waals surface area contributed by atoms with Crippen molar-refractivity contribution in [2.24, 2.45) is 5.92 Å². The normalized spacial score (nSPS) is 15.5. The Kier molecular flexibility index (Phi) is 4.20. The number of rotatable bonds is 6. The van der Waals surface area contributed by atoms with Crippen LogP contribution >= 0.6 is 0 Å². The first-order valence-corrected chi connectivity index (χ1v) is 7.50. The van der Waals surface area contributed by atoms with Gasteiger partial charge in [0.05, 0.1) is 0 Å². The van der Waals surface area contributed by atoms with Crippen LogP contribution in [-0.2, 0) is 0 Å². The van der Waals surface area contributed by atoms with Crippen molar-refractivity contribution < 1.29 is 14.4 Å². The van der Waals surface area contributed by atoms with E-state index in [0.29, 0.717) is 23.9 Å². The van der Waals surface area contributed by atoms with Crippen LogP contribution in [-0.4, -0.2) is 34.3 Å². The van der Waals surface area contributed by atoms with Crippen LogP contribution in [0.4, 0.5) is 0 Å². The predicted octanol–water partition coefficient (Wildman–Crippen LogP) is 1.97. The summed E-state index contributed by atoms with van der Waals surface area (Å²) in [5.74, 6) is 1.60. The highest BCUT2D eigenvalue weighted by molar-refractivity contribution is 5.94. The molecule has 1 aliphatic carbocycles. The number of carbonyl (C=O) groups is 1. The molecule has 0 aliphatic heterocycles. The molecule has 2 aromatic rings. The number of amides is 1. The molecule has 6 nitrogen and oxygen atoms in total. The van der Waals surface area contributed by atoms with Gasteiger partial charge in [-0.3, -0.25) is 4.79 Å². The van der Waals surface area contributed by atoms with E-state index in [2.05, 4.69) is 15.5 Å². The Hall–Kier alpha value is -2.21. The summed E-state index contributed by atoms with van der Waals surface area (Å²) in [6.45, 7) is 2.38. The Morgan fingerprint density at radius 2 is 2.14 bits per heavy atom. The zero-order valence-electron chi connectivity index (χ0n) is 12.5. The second-order valence-electron chi connectivity index (χ2n) is 5.81. The molecule has 0 radical (unpaired) electrons. The Labute approximate surface area is 128 Å². The van der Waals surface area contributed by atoms with E-state index in [1.807, 2.05) is 6.92 Å². The highest BCUT2D eigenvalue weighted by Crippen LogP contribution is 2.38. The molecular weight excluding hydrogens is 282 g/mol. The van der Waals surface area contributed by atoms with Crippen LogP contribution in [0.3, 0.4) is 0 Å². The number of hydrogen-bond donors (Lipinski definition) is 2. The zero-order chi connectivity index (χ0) is 15.5. The van der Waals surface area contributed by atoms with E-state index >= 15 is 0 Å². The molecule has 1 aliphatic rings. The van der Waals surface area contributed by atoms with Gasteiger partial charge in [-0.2, -0.15) is 4.98 Å². The van der Waals surface area contributed by atoms with Gasteiger partial charge in [0.15, 0.2) is 5.82 Å². The number of aromatic nitrogens is 2. The van der Waals surface area contributed by atoms with Gasteiger partial charge in [-0.25, -0.2) is 0 Å². The minimum atomic E-state index is -0.156. The molecule has 22 heavy (non-hydrogen) atoms. The number of carbonyl (C=O) groups excluding carboxylic acids is 1. The van der Waals surface area contributed by atoms with E-state index in [1.165, 1.54) is 0 Å². The Morgan fingerprint density at radius 1 is 1.41 bits per heavy atom. The molecule has 1 atom stereocenters. The molecule has 116 valence electrons. The number of aliphatic hydroxyl groups excluding tert-OH is 1. The largest absolute Gasteiger partial charge is 0.396 e. The van der Waals surface area contributed by atoms with Gasteiger partial charge in [0.25, 0.3) is 11.8 Å². The van der Waals surface area contributed by atoms with Crippen molar-refractivity contribution in [3.05, 3.63) is 35.7 Å². The maximum absolute atomic E-state index is 12.0. The van der Waals surface area contributed by atoms with Crippen LogP contribution < -0.4 is 5.32 Å². The Bertz CT molecular complexity index is 647. The summed E-state index contributed by atoms with van der Waals surface area (Å²) in [4.78, 5) is 16.4.